The molecule has 1 fully saturated rings. The Morgan fingerprint density at radius 3 is 2.44 bits per heavy atom. The Balaban J connectivity index is 1.29. The molecule has 9 heteroatoms. The highest BCUT2D eigenvalue weighted by molar-refractivity contribution is 5.98. The van der Waals surface area contributed by atoms with Crippen molar-refractivity contribution >= 4 is 17.4 Å². The smallest absolute Gasteiger partial charge is 0.416 e. The molecule has 32 heavy (non-hydrogen) atoms. The first-order valence-corrected chi connectivity index (χ1v) is 10.4. The number of nitrogens with one attached hydrogen (secondary N) is 1. The van der Waals surface area contributed by atoms with Gasteiger partial charge < -0.3 is 19.7 Å². The van der Waals surface area contributed by atoms with Gasteiger partial charge in [-0.2, -0.15) is 13.2 Å². The summed E-state index contributed by atoms with van der Waals surface area (Å²) >= 11 is 0. The van der Waals surface area contributed by atoms with Crippen LogP contribution in [0.25, 0.3) is 0 Å². The van der Waals surface area contributed by atoms with Crippen molar-refractivity contribution in [3.05, 3.63) is 53.6 Å². The van der Waals surface area contributed by atoms with Gasteiger partial charge in [-0.1, -0.05) is 6.07 Å². The highest BCUT2D eigenvalue weighted by Gasteiger charge is 2.31. The van der Waals surface area contributed by atoms with Gasteiger partial charge in [-0.05, 0) is 49.2 Å². The highest BCUT2D eigenvalue weighted by atomic mass is 19.4. The topological polar surface area (TPSA) is 67.9 Å². The van der Waals surface area contributed by atoms with Gasteiger partial charge in [-0.3, -0.25) is 9.59 Å². The molecule has 0 saturated carbocycles. The summed E-state index contributed by atoms with van der Waals surface area (Å²) in [7, 11) is 0. The monoisotopic (exact) mass is 448 g/mol. The van der Waals surface area contributed by atoms with Crippen LogP contribution in [0.1, 0.15) is 28.8 Å². The van der Waals surface area contributed by atoms with Crippen LogP contribution in [0.2, 0.25) is 0 Å². The molecule has 0 aliphatic carbocycles. The predicted octanol–water partition coefficient (Wildman–Crippen LogP) is 4.01. The van der Waals surface area contributed by atoms with E-state index < -0.39 is 11.7 Å². The van der Waals surface area contributed by atoms with E-state index >= 15 is 0 Å². The van der Waals surface area contributed by atoms with Crippen LogP contribution >= 0.6 is 0 Å². The number of halogens is 3. The van der Waals surface area contributed by atoms with Crippen molar-refractivity contribution in [1.29, 1.82) is 0 Å². The van der Waals surface area contributed by atoms with Crippen LogP contribution in [0.5, 0.6) is 11.5 Å². The second kappa shape index (κ2) is 9.10. The number of nitrogens with zero attached hydrogens (tertiary/aromatic N) is 1. The minimum Gasteiger partial charge on any atom is -0.486 e. The zero-order valence-corrected chi connectivity index (χ0v) is 17.3. The molecule has 2 aliphatic rings. The van der Waals surface area contributed by atoms with E-state index in [1.165, 1.54) is 12.1 Å². The lowest BCUT2D eigenvalue weighted by atomic mass is 9.88. The average molecular weight is 448 g/mol. The number of carbonyl (C=O) groups excluding carboxylic acids is 2. The fourth-order valence-corrected chi connectivity index (χ4v) is 3.92. The molecule has 0 atom stereocenters. The molecule has 2 aliphatic heterocycles. The molecule has 170 valence electrons. The molecule has 0 bridgehead atoms. The zero-order valence-electron chi connectivity index (χ0n) is 17.3. The maximum Gasteiger partial charge on any atom is 0.416 e. The van der Waals surface area contributed by atoms with Crippen molar-refractivity contribution in [2.75, 3.05) is 38.2 Å². The van der Waals surface area contributed by atoms with Gasteiger partial charge in [-0.25, -0.2) is 0 Å². The third kappa shape index (κ3) is 4.98. The lowest BCUT2D eigenvalue weighted by molar-refractivity contribution is -0.137. The number of ketones is 1. The predicted molar refractivity (Wildman–Crippen MR) is 111 cm³/mol. The van der Waals surface area contributed by atoms with Crippen LogP contribution in [0.4, 0.5) is 18.9 Å². The van der Waals surface area contributed by atoms with Crippen LogP contribution in [0.15, 0.2) is 42.5 Å². The molecule has 2 aromatic carbocycles. The minimum atomic E-state index is -4.44. The number of fused-ring (bicyclic) bond motifs is 1. The number of amides is 1. The summed E-state index contributed by atoms with van der Waals surface area (Å²) in [6, 6.07) is 9.91. The van der Waals surface area contributed by atoms with E-state index in [9.17, 15) is 22.8 Å². The van der Waals surface area contributed by atoms with Crippen molar-refractivity contribution in [2.45, 2.75) is 19.0 Å². The first-order chi connectivity index (χ1) is 15.3. The fraction of sp³-hybridized carbons (Fsp3) is 0.391. The van der Waals surface area contributed by atoms with Gasteiger partial charge in [0, 0.05) is 30.3 Å². The molecule has 0 spiro atoms. The second-order valence-electron chi connectivity index (χ2n) is 7.81. The van der Waals surface area contributed by atoms with Gasteiger partial charge in [0.15, 0.2) is 17.3 Å². The fourth-order valence-electron chi connectivity index (χ4n) is 3.92. The van der Waals surface area contributed by atoms with E-state index in [-0.39, 0.29) is 29.8 Å². The number of rotatable bonds is 5. The first kappa shape index (κ1) is 22.0. The van der Waals surface area contributed by atoms with Crippen molar-refractivity contribution in [3.8, 4) is 11.5 Å². The van der Waals surface area contributed by atoms with Gasteiger partial charge in [0.2, 0.25) is 5.91 Å². The van der Waals surface area contributed by atoms with E-state index in [1.54, 1.807) is 23.1 Å². The Hall–Kier alpha value is -3.23. The van der Waals surface area contributed by atoms with E-state index in [0.29, 0.717) is 56.2 Å². The molecule has 0 radical (unpaired) electrons. The lowest BCUT2D eigenvalue weighted by Crippen LogP contribution is -2.42. The van der Waals surface area contributed by atoms with Crippen LogP contribution in [-0.2, 0) is 11.0 Å². The SMILES string of the molecule is O=C(c1ccc2c(c1)OCCO2)C1CCN(C(=O)CNc2cccc(C(F)(F)F)c2)CC1. The number of alkyl halides is 3. The molecule has 6 nitrogen and oxygen atoms in total. The Kier molecular flexibility index (Phi) is 6.25. The van der Waals surface area contributed by atoms with Crippen LogP contribution in [0, 0.1) is 5.92 Å². The quantitative estimate of drug-likeness (QED) is 0.701. The largest absolute Gasteiger partial charge is 0.486 e. The van der Waals surface area contributed by atoms with E-state index in [0.717, 1.165) is 12.1 Å². The van der Waals surface area contributed by atoms with Gasteiger partial charge in [-0.15, -0.1) is 0 Å². The molecule has 1 amide bonds. The third-order valence-electron chi connectivity index (χ3n) is 5.68. The maximum atomic E-state index is 12.9. The number of carbonyl (C=O) groups is 2. The van der Waals surface area contributed by atoms with Gasteiger partial charge >= 0.3 is 6.18 Å². The van der Waals surface area contributed by atoms with Gasteiger partial charge in [0.05, 0.1) is 12.1 Å². The van der Waals surface area contributed by atoms with Crippen molar-refractivity contribution in [1.82, 2.24) is 4.90 Å². The maximum absolute atomic E-state index is 12.9. The highest BCUT2D eigenvalue weighted by Crippen LogP contribution is 2.33. The third-order valence-corrected chi connectivity index (χ3v) is 5.68. The van der Waals surface area contributed by atoms with Crippen molar-refractivity contribution in [3.63, 3.8) is 0 Å². The number of hydrogen-bond acceptors (Lipinski definition) is 5. The standard InChI is InChI=1S/C23H23F3N2O4/c24-23(25,26)17-2-1-3-18(13-17)27-14-21(29)28-8-6-15(7-9-28)22(30)16-4-5-19-20(12-16)32-11-10-31-19/h1-5,12-13,15,27H,6-11,14H2. The Bertz CT molecular complexity index is 1000. The molecular formula is C23H23F3N2O4. The summed E-state index contributed by atoms with van der Waals surface area (Å²) in [6.45, 7) is 1.66. The van der Waals surface area contributed by atoms with Gasteiger partial charge in [0.25, 0.3) is 0 Å². The summed E-state index contributed by atoms with van der Waals surface area (Å²) in [5.74, 6) is 0.790. The summed E-state index contributed by atoms with van der Waals surface area (Å²) < 4.78 is 49.5. The summed E-state index contributed by atoms with van der Waals surface area (Å²) in [4.78, 5) is 27.0. The van der Waals surface area contributed by atoms with Gasteiger partial charge in [0.1, 0.15) is 13.2 Å². The molecular weight excluding hydrogens is 425 g/mol. The Labute approximate surface area is 183 Å². The normalized spacial score (nSPS) is 16.5. The molecule has 2 heterocycles. The molecule has 2 aromatic rings. The van der Waals surface area contributed by atoms with Crippen molar-refractivity contribution < 1.29 is 32.2 Å². The lowest BCUT2D eigenvalue weighted by Gasteiger charge is -2.31. The van der Waals surface area contributed by atoms with Crippen molar-refractivity contribution in [2.24, 2.45) is 5.92 Å². The average Bonchev–Trinajstić information content (AvgIpc) is 2.81. The number of piperidine rings is 1. The molecule has 0 aromatic heterocycles. The number of anilines is 1. The summed E-state index contributed by atoms with van der Waals surface area (Å²) in [5, 5.41) is 2.76. The summed E-state index contributed by atoms with van der Waals surface area (Å²) in [6.07, 6.45) is -3.38. The summed E-state index contributed by atoms with van der Waals surface area (Å²) in [5.41, 5.74) is 0.0236. The van der Waals surface area contributed by atoms with Crippen LogP contribution in [-0.4, -0.2) is 49.4 Å². The molecule has 4 rings (SSSR count). The first-order valence-electron chi connectivity index (χ1n) is 10.4. The number of likely N-dealkylation sites (tertiary alicyclic amines) is 1. The second-order valence-corrected chi connectivity index (χ2v) is 7.81. The van der Waals surface area contributed by atoms with E-state index in [2.05, 4.69) is 5.32 Å². The number of Topliss-reactive ketones (excluding diaryl/α,β-unsaturated/α-hetero) is 1. The van der Waals surface area contributed by atoms with Crippen LogP contribution < -0.4 is 14.8 Å². The Morgan fingerprint density at radius 2 is 1.72 bits per heavy atom. The van der Waals surface area contributed by atoms with E-state index in [4.69, 9.17) is 9.47 Å². The number of benzene rings is 2. The number of ether oxygens (including phenoxy) is 2. The molecule has 1 saturated heterocycles. The van der Waals surface area contributed by atoms with Crippen LogP contribution in [0.3, 0.4) is 0 Å². The Morgan fingerprint density at radius 1 is 1.00 bits per heavy atom. The van der Waals surface area contributed by atoms with E-state index in [1.807, 2.05) is 0 Å². The molecule has 0 unspecified atom stereocenters. The number of hydrogen-bond donors (Lipinski definition) is 1. The zero-order chi connectivity index (χ0) is 22.7. The molecule has 1 N–H and O–H groups in total. The minimum absolute atomic E-state index is 0.0103.